The van der Waals surface area contributed by atoms with Crippen molar-refractivity contribution in [3.63, 3.8) is 0 Å². The molecule has 0 saturated carbocycles. The molecule has 0 saturated heterocycles. The van der Waals surface area contributed by atoms with E-state index in [9.17, 15) is 13.9 Å². The predicted molar refractivity (Wildman–Crippen MR) is 54.2 cm³/mol. The van der Waals surface area contributed by atoms with Crippen molar-refractivity contribution in [3.05, 3.63) is 35.4 Å². The molecule has 0 fully saturated rings. The zero-order valence-corrected chi connectivity index (χ0v) is 8.64. The second-order valence-corrected chi connectivity index (χ2v) is 3.54. The number of benzene rings is 1. The van der Waals surface area contributed by atoms with E-state index in [-0.39, 0.29) is 5.56 Å². The molecular formula is C12H12F2O. The maximum absolute atomic E-state index is 12.8. The topological polar surface area (TPSA) is 20.2 Å². The fourth-order valence-electron chi connectivity index (χ4n) is 0.921. The van der Waals surface area contributed by atoms with Gasteiger partial charge >= 0.3 is 0 Å². The lowest BCUT2D eigenvalue weighted by atomic mass is 10.0. The van der Waals surface area contributed by atoms with Crippen molar-refractivity contribution < 1.29 is 13.9 Å². The Balaban J connectivity index is 2.99. The Kier molecular flexibility index (Phi) is 3.43. The molecule has 0 radical (unpaired) electrons. The molecule has 1 unspecified atom stereocenters. The third-order valence-electron chi connectivity index (χ3n) is 2.03. The molecule has 1 nitrogen and oxygen atoms in total. The molecule has 0 heterocycles. The third kappa shape index (κ3) is 3.69. The molecule has 80 valence electrons. The summed E-state index contributed by atoms with van der Waals surface area (Å²) in [5.74, 6) is 3.75. The van der Waals surface area contributed by atoms with Crippen molar-refractivity contribution in [2.45, 2.75) is 25.9 Å². The molecular weight excluding hydrogens is 198 g/mol. The molecule has 1 aromatic carbocycles. The van der Waals surface area contributed by atoms with Crippen LogP contribution in [0.4, 0.5) is 8.78 Å². The fraction of sp³-hybridized carbons (Fsp3) is 0.333. The number of rotatable bonds is 1. The Morgan fingerprint density at radius 1 is 1.27 bits per heavy atom. The van der Waals surface area contributed by atoms with Crippen LogP contribution in [0.5, 0.6) is 0 Å². The van der Waals surface area contributed by atoms with Crippen LogP contribution in [0.15, 0.2) is 18.2 Å². The van der Waals surface area contributed by atoms with Gasteiger partial charge in [0, 0.05) is 11.6 Å². The number of aliphatic hydroxyl groups is 1. The van der Waals surface area contributed by atoms with Crippen molar-refractivity contribution in [1.29, 1.82) is 0 Å². The summed E-state index contributed by atoms with van der Waals surface area (Å²) in [5.41, 5.74) is -0.899. The quantitative estimate of drug-likeness (QED) is 0.706. The highest BCUT2D eigenvalue weighted by Crippen LogP contribution is 2.09. The molecule has 0 aliphatic carbocycles. The van der Waals surface area contributed by atoms with Crippen molar-refractivity contribution in [2.75, 3.05) is 0 Å². The van der Waals surface area contributed by atoms with Gasteiger partial charge in [-0.05, 0) is 25.5 Å². The second-order valence-electron chi connectivity index (χ2n) is 3.54. The molecule has 0 spiro atoms. The smallest absolute Gasteiger partial charge is 0.127 e. The van der Waals surface area contributed by atoms with Gasteiger partial charge in [-0.25, -0.2) is 8.78 Å². The van der Waals surface area contributed by atoms with Gasteiger partial charge < -0.3 is 5.11 Å². The first-order valence-corrected chi connectivity index (χ1v) is 4.64. The summed E-state index contributed by atoms with van der Waals surface area (Å²) in [7, 11) is 0. The highest BCUT2D eigenvalue weighted by molar-refractivity contribution is 5.36. The van der Waals surface area contributed by atoms with E-state index in [1.165, 1.54) is 0 Å². The summed E-state index contributed by atoms with van der Waals surface area (Å²) in [6.45, 7) is 3.33. The van der Waals surface area contributed by atoms with Crippen molar-refractivity contribution in [2.24, 2.45) is 0 Å². The summed E-state index contributed by atoms with van der Waals surface area (Å²) in [6, 6.07) is 3.03. The Morgan fingerprint density at radius 3 is 2.27 bits per heavy atom. The van der Waals surface area contributed by atoms with Crippen LogP contribution in [-0.4, -0.2) is 10.7 Å². The lowest BCUT2D eigenvalue weighted by Crippen LogP contribution is -2.19. The Hall–Kier alpha value is -1.40. The van der Waals surface area contributed by atoms with Crippen LogP contribution in [0.1, 0.15) is 25.8 Å². The molecule has 1 N–H and O–H groups in total. The monoisotopic (exact) mass is 210 g/mol. The molecule has 0 aliphatic rings. The van der Waals surface area contributed by atoms with E-state index < -0.39 is 17.2 Å². The SMILES string of the molecule is CCC(C)(O)C#Cc1cc(F)cc(F)c1. The van der Waals surface area contributed by atoms with Crippen molar-refractivity contribution in [1.82, 2.24) is 0 Å². The zero-order chi connectivity index (χ0) is 11.5. The Bertz CT molecular complexity index is 393. The number of hydrogen-bond donors (Lipinski definition) is 1. The average Bonchev–Trinajstić information content (AvgIpc) is 2.14. The van der Waals surface area contributed by atoms with E-state index in [1.807, 2.05) is 0 Å². The lowest BCUT2D eigenvalue weighted by molar-refractivity contribution is 0.118. The normalized spacial score (nSPS) is 13.9. The van der Waals surface area contributed by atoms with Crippen molar-refractivity contribution >= 4 is 0 Å². The lowest BCUT2D eigenvalue weighted by Gasteiger charge is -2.11. The molecule has 0 aliphatic heterocycles. The summed E-state index contributed by atoms with van der Waals surface area (Å²) in [4.78, 5) is 0. The fourth-order valence-corrected chi connectivity index (χ4v) is 0.921. The van der Waals surface area contributed by atoms with Gasteiger partial charge in [-0.3, -0.25) is 0 Å². The maximum Gasteiger partial charge on any atom is 0.127 e. The van der Waals surface area contributed by atoms with E-state index in [0.29, 0.717) is 6.42 Å². The highest BCUT2D eigenvalue weighted by Gasteiger charge is 2.12. The van der Waals surface area contributed by atoms with Crippen LogP contribution < -0.4 is 0 Å². The average molecular weight is 210 g/mol. The van der Waals surface area contributed by atoms with Gasteiger partial charge in [-0.2, -0.15) is 0 Å². The van der Waals surface area contributed by atoms with Gasteiger partial charge in [0.2, 0.25) is 0 Å². The number of halogens is 2. The van der Waals surface area contributed by atoms with E-state index >= 15 is 0 Å². The minimum absolute atomic E-state index is 0.223. The van der Waals surface area contributed by atoms with Crippen LogP contribution in [0.25, 0.3) is 0 Å². The molecule has 1 atom stereocenters. The minimum Gasteiger partial charge on any atom is -0.378 e. The standard InChI is InChI=1S/C12H12F2O/c1-3-12(2,15)5-4-9-6-10(13)8-11(14)7-9/h6-8,15H,3H2,1-2H3. The van der Waals surface area contributed by atoms with Gasteiger partial charge in [-0.1, -0.05) is 18.8 Å². The molecule has 0 amide bonds. The summed E-state index contributed by atoms with van der Waals surface area (Å²) in [6.07, 6.45) is 0.456. The van der Waals surface area contributed by atoms with E-state index in [2.05, 4.69) is 11.8 Å². The van der Waals surface area contributed by atoms with Gasteiger partial charge in [0.1, 0.15) is 17.2 Å². The summed E-state index contributed by atoms with van der Waals surface area (Å²) in [5, 5.41) is 9.56. The highest BCUT2D eigenvalue weighted by atomic mass is 19.1. The van der Waals surface area contributed by atoms with Gasteiger partial charge in [-0.15, -0.1) is 0 Å². The molecule has 1 aromatic rings. The Labute approximate surface area is 87.7 Å². The van der Waals surface area contributed by atoms with E-state index in [0.717, 1.165) is 18.2 Å². The Morgan fingerprint density at radius 2 is 1.80 bits per heavy atom. The second kappa shape index (κ2) is 4.41. The van der Waals surface area contributed by atoms with Crippen LogP contribution in [-0.2, 0) is 0 Å². The van der Waals surface area contributed by atoms with Gasteiger partial charge in [0.25, 0.3) is 0 Å². The predicted octanol–water partition coefficient (Wildman–Crippen LogP) is 2.48. The summed E-state index contributed by atoms with van der Waals surface area (Å²) < 4.78 is 25.5. The van der Waals surface area contributed by atoms with Crippen LogP contribution in [0.3, 0.4) is 0 Å². The van der Waals surface area contributed by atoms with Crippen LogP contribution in [0.2, 0.25) is 0 Å². The van der Waals surface area contributed by atoms with Crippen LogP contribution >= 0.6 is 0 Å². The van der Waals surface area contributed by atoms with Crippen LogP contribution in [0, 0.1) is 23.5 Å². The van der Waals surface area contributed by atoms with Crippen molar-refractivity contribution in [3.8, 4) is 11.8 Å². The molecule has 0 bridgehead atoms. The molecule has 3 heteroatoms. The first-order valence-electron chi connectivity index (χ1n) is 4.64. The van der Waals surface area contributed by atoms with Gasteiger partial charge in [0.05, 0.1) is 0 Å². The number of hydrogen-bond acceptors (Lipinski definition) is 1. The largest absolute Gasteiger partial charge is 0.378 e. The van der Waals surface area contributed by atoms with Gasteiger partial charge in [0.15, 0.2) is 0 Å². The molecule has 15 heavy (non-hydrogen) atoms. The maximum atomic E-state index is 12.8. The first-order chi connectivity index (χ1) is 6.93. The third-order valence-corrected chi connectivity index (χ3v) is 2.03. The summed E-state index contributed by atoms with van der Waals surface area (Å²) >= 11 is 0. The molecule has 0 aromatic heterocycles. The molecule has 1 rings (SSSR count). The first kappa shape index (κ1) is 11.7. The van der Waals surface area contributed by atoms with E-state index in [4.69, 9.17) is 0 Å². The zero-order valence-electron chi connectivity index (χ0n) is 8.64. The minimum atomic E-state index is -1.12. The van der Waals surface area contributed by atoms with E-state index in [1.54, 1.807) is 13.8 Å².